The van der Waals surface area contributed by atoms with Gasteiger partial charge in [-0.1, -0.05) is 12.6 Å². The third-order valence-corrected chi connectivity index (χ3v) is 6.64. The molecule has 2 amide bonds. The summed E-state index contributed by atoms with van der Waals surface area (Å²) < 4.78 is 11.7. The molecule has 0 radical (unpaired) electrons. The van der Waals surface area contributed by atoms with Crippen LogP contribution in [-0.4, -0.2) is 64.8 Å². The van der Waals surface area contributed by atoms with Gasteiger partial charge < -0.3 is 35.2 Å². The molecule has 214 valence electrons. The molecule has 1 saturated heterocycles. The van der Waals surface area contributed by atoms with Crippen LogP contribution in [0, 0.1) is 6.92 Å². The van der Waals surface area contributed by atoms with Crippen LogP contribution in [0.3, 0.4) is 0 Å². The van der Waals surface area contributed by atoms with Crippen LogP contribution in [0.1, 0.15) is 26.3 Å². The van der Waals surface area contributed by atoms with Crippen molar-refractivity contribution in [1.82, 2.24) is 14.9 Å². The summed E-state index contributed by atoms with van der Waals surface area (Å²) in [6.07, 6.45) is 2.68. The van der Waals surface area contributed by atoms with Crippen molar-refractivity contribution in [3.05, 3.63) is 66.9 Å². The first kappa shape index (κ1) is 27.8. The van der Waals surface area contributed by atoms with Crippen LogP contribution in [0.15, 0.2) is 61.3 Å². The van der Waals surface area contributed by atoms with Crippen LogP contribution < -0.4 is 25.6 Å². The van der Waals surface area contributed by atoms with E-state index in [4.69, 9.17) is 9.47 Å². The molecule has 0 saturated carbocycles. The molecule has 0 unspecified atom stereocenters. The van der Waals surface area contributed by atoms with Crippen molar-refractivity contribution in [3.8, 4) is 5.75 Å². The lowest BCUT2D eigenvalue weighted by Crippen LogP contribution is -2.59. The summed E-state index contributed by atoms with van der Waals surface area (Å²) in [5.41, 5.74) is 3.53. The Bertz CT molecular complexity index is 1470. The molecule has 0 bridgehead atoms. The summed E-state index contributed by atoms with van der Waals surface area (Å²) >= 11 is 0. The highest BCUT2D eigenvalue weighted by Crippen LogP contribution is 2.38. The lowest BCUT2D eigenvalue weighted by molar-refractivity contribution is -0.111. The molecule has 1 fully saturated rings. The van der Waals surface area contributed by atoms with Crippen LogP contribution in [0.2, 0.25) is 0 Å². The molecule has 5 rings (SSSR count). The number of fused-ring (bicyclic) bond motifs is 3. The highest BCUT2D eigenvalue weighted by Gasteiger charge is 2.36. The average molecular weight is 558 g/mol. The highest BCUT2D eigenvalue weighted by atomic mass is 16.6. The number of piperazine rings is 1. The fourth-order valence-corrected chi connectivity index (χ4v) is 4.70. The van der Waals surface area contributed by atoms with Crippen LogP contribution in [0.25, 0.3) is 0 Å². The number of amides is 2. The molecular formula is C30H35N7O4. The van der Waals surface area contributed by atoms with Gasteiger partial charge in [0.1, 0.15) is 23.8 Å². The second kappa shape index (κ2) is 11.4. The normalized spacial score (nSPS) is 16.0. The average Bonchev–Trinajstić information content (AvgIpc) is 2.93. The Morgan fingerprint density at radius 1 is 1.10 bits per heavy atom. The summed E-state index contributed by atoms with van der Waals surface area (Å²) in [4.78, 5) is 37.4. The minimum atomic E-state index is -0.527. The van der Waals surface area contributed by atoms with E-state index in [1.54, 1.807) is 17.2 Å². The molecule has 0 aliphatic carbocycles. The van der Waals surface area contributed by atoms with Gasteiger partial charge in [-0.15, -0.1) is 0 Å². The molecule has 11 heteroatoms. The summed E-state index contributed by atoms with van der Waals surface area (Å²) in [6, 6.07) is 13.3. The van der Waals surface area contributed by atoms with Crippen molar-refractivity contribution >= 4 is 46.5 Å². The van der Waals surface area contributed by atoms with Gasteiger partial charge in [-0.25, -0.2) is 9.78 Å². The number of carbonyl (C=O) groups is 2. The van der Waals surface area contributed by atoms with Gasteiger partial charge in [0, 0.05) is 54.5 Å². The second-order valence-corrected chi connectivity index (χ2v) is 11.0. The zero-order valence-corrected chi connectivity index (χ0v) is 23.7. The first-order valence-electron chi connectivity index (χ1n) is 13.5. The topological polar surface area (TPSA) is 121 Å². The number of nitrogens with one attached hydrogen (secondary N) is 3. The highest BCUT2D eigenvalue weighted by molar-refractivity contribution is 5.99. The monoisotopic (exact) mass is 557 g/mol. The number of hydrogen-bond donors (Lipinski definition) is 3. The molecule has 3 heterocycles. The molecule has 0 spiro atoms. The van der Waals surface area contributed by atoms with E-state index in [1.807, 2.05) is 64.1 Å². The van der Waals surface area contributed by atoms with Gasteiger partial charge in [-0.3, -0.25) is 4.79 Å². The number of nitrogens with zero attached hydrogens (tertiary/aromatic N) is 4. The maximum absolute atomic E-state index is 12.6. The predicted molar refractivity (Wildman–Crippen MR) is 159 cm³/mol. The smallest absolute Gasteiger partial charge is 0.410 e. The first-order chi connectivity index (χ1) is 19.6. The fourth-order valence-electron chi connectivity index (χ4n) is 4.70. The second-order valence-electron chi connectivity index (χ2n) is 11.0. The number of benzene rings is 2. The molecule has 3 N–H and O–H groups in total. The van der Waals surface area contributed by atoms with E-state index in [9.17, 15) is 9.59 Å². The van der Waals surface area contributed by atoms with Gasteiger partial charge in [0.2, 0.25) is 11.9 Å². The number of ether oxygens (including phenoxy) is 2. The number of anilines is 6. The van der Waals surface area contributed by atoms with Gasteiger partial charge in [0.05, 0.1) is 11.7 Å². The van der Waals surface area contributed by atoms with Gasteiger partial charge in [0.15, 0.2) is 0 Å². The SMILES string of the molecule is C=CC(=O)Nc1cccc(Nc2nc(Nc3ccc4c(c3)OC[C@@H]3CN(C(=O)OC(C)(C)C)CCN43)ncc2C)c1. The van der Waals surface area contributed by atoms with E-state index in [2.05, 4.69) is 37.4 Å². The summed E-state index contributed by atoms with van der Waals surface area (Å²) in [6.45, 7) is 13.3. The molecule has 2 aliphatic rings. The molecule has 41 heavy (non-hydrogen) atoms. The standard InChI is InChI=1S/C30H35N7O4/c1-6-26(38)32-20-8-7-9-21(14-20)33-27-19(2)16-31-28(35-27)34-22-10-11-24-25(15-22)40-18-23-17-36(12-13-37(23)24)29(39)41-30(3,4)5/h6-11,14-16,23H,1,12-13,17-18H2,2-5H3,(H,32,38)(H2,31,33,34,35)/t23-/m0/s1. The zero-order chi connectivity index (χ0) is 29.1. The predicted octanol–water partition coefficient (Wildman–Crippen LogP) is 5.21. The Morgan fingerprint density at radius 2 is 1.88 bits per heavy atom. The Kier molecular flexibility index (Phi) is 7.69. The van der Waals surface area contributed by atoms with Gasteiger partial charge in [-0.2, -0.15) is 4.98 Å². The molecule has 1 aromatic heterocycles. The fraction of sp³-hybridized carbons (Fsp3) is 0.333. The van der Waals surface area contributed by atoms with Crippen molar-refractivity contribution in [3.63, 3.8) is 0 Å². The maximum atomic E-state index is 12.6. The molecule has 11 nitrogen and oxygen atoms in total. The van der Waals surface area contributed by atoms with Crippen LogP contribution in [-0.2, 0) is 9.53 Å². The summed E-state index contributed by atoms with van der Waals surface area (Å²) in [5, 5.41) is 9.32. The van der Waals surface area contributed by atoms with E-state index in [0.717, 1.165) is 28.4 Å². The number of carbonyl (C=O) groups excluding carboxylic acids is 2. The third-order valence-electron chi connectivity index (χ3n) is 6.64. The number of aryl methyl sites for hydroxylation is 1. The van der Waals surface area contributed by atoms with E-state index < -0.39 is 5.60 Å². The van der Waals surface area contributed by atoms with Crippen LogP contribution >= 0.6 is 0 Å². The minimum Gasteiger partial charge on any atom is -0.489 e. The molecule has 1 atom stereocenters. The Labute approximate surface area is 239 Å². The van der Waals surface area contributed by atoms with Gasteiger partial charge >= 0.3 is 6.09 Å². The van der Waals surface area contributed by atoms with Gasteiger partial charge in [-0.05, 0) is 64.1 Å². The number of aromatic nitrogens is 2. The third kappa shape index (κ3) is 6.68. The number of hydrogen-bond acceptors (Lipinski definition) is 9. The Balaban J connectivity index is 1.26. The van der Waals surface area contributed by atoms with Crippen LogP contribution in [0.4, 0.5) is 39.3 Å². The van der Waals surface area contributed by atoms with E-state index in [0.29, 0.717) is 43.7 Å². The van der Waals surface area contributed by atoms with Crippen molar-refractivity contribution < 1.29 is 19.1 Å². The molecular weight excluding hydrogens is 522 g/mol. The van der Waals surface area contributed by atoms with E-state index in [1.165, 1.54) is 6.08 Å². The largest absolute Gasteiger partial charge is 0.489 e. The van der Waals surface area contributed by atoms with Crippen molar-refractivity contribution in [2.45, 2.75) is 39.3 Å². The van der Waals surface area contributed by atoms with Crippen LogP contribution in [0.5, 0.6) is 5.75 Å². The summed E-state index contributed by atoms with van der Waals surface area (Å²) in [5.74, 6) is 1.55. The minimum absolute atomic E-state index is 0.0558. The molecule has 2 aliphatic heterocycles. The number of rotatable bonds is 6. The molecule has 3 aromatic rings. The Hall–Kier alpha value is -4.80. The first-order valence-corrected chi connectivity index (χ1v) is 13.5. The lowest BCUT2D eigenvalue weighted by Gasteiger charge is -2.45. The lowest BCUT2D eigenvalue weighted by atomic mass is 10.1. The van der Waals surface area contributed by atoms with Crippen molar-refractivity contribution in [1.29, 1.82) is 0 Å². The maximum Gasteiger partial charge on any atom is 0.410 e. The zero-order valence-electron chi connectivity index (χ0n) is 23.7. The molecule has 2 aromatic carbocycles. The van der Waals surface area contributed by atoms with Crippen molar-refractivity contribution in [2.24, 2.45) is 0 Å². The summed E-state index contributed by atoms with van der Waals surface area (Å²) in [7, 11) is 0. The van der Waals surface area contributed by atoms with Crippen molar-refractivity contribution in [2.75, 3.05) is 47.1 Å². The Morgan fingerprint density at radius 3 is 2.66 bits per heavy atom. The van der Waals surface area contributed by atoms with E-state index in [-0.39, 0.29) is 18.0 Å². The van der Waals surface area contributed by atoms with Gasteiger partial charge in [0.25, 0.3) is 0 Å². The quantitative estimate of drug-likeness (QED) is 0.351. The van der Waals surface area contributed by atoms with E-state index >= 15 is 0 Å².